The summed E-state index contributed by atoms with van der Waals surface area (Å²) in [5.74, 6) is 1.85. The van der Waals surface area contributed by atoms with Gasteiger partial charge < -0.3 is 19.5 Å². The van der Waals surface area contributed by atoms with E-state index in [4.69, 9.17) is 4.42 Å². The average Bonchev–Trinajstić information content (AvgIpc) is 3.14. The quantitative estimate of drug-likeness (QED) is 0.640. The Morgan fingerprint density at radius 3 is 2.61 bits per heavy atom. The summed E-state index contributed by atoms with van der Waals surface area (Å²) >= 11 is 0. The fourth-order valence-corrected chi connectivity index (χ4v) is 3.69. The van der Waals surface area contributed by atoms with Crippen LogP contribution in [0.4, 0.5) is 0 Å². The minimum Gasteiger partial charge on any atom is -0.464 e. The molecule has 0 bridgehead atoms. The van der Waals surface area contributed by atoms with Crippen LogP contribution < -0.4 is 5.32 Å². The predicted molar refractivity (Wildman–Crippen MR) is 112 cm³/mol. The van der Waals surface area contributed by atoms with Crippen LogP contribution in [0.25, 0.3) is 0 Å². The molecule has 0 aliphatic carbocycles. The number of likely N-dealkylation sites (tertiary alicyclic amines) is 1. The van der Waals surface area contributed by atoms with Gasteiger partial charge in [-0.2, -0.15) is 0 Å². The van der Waals surface area contributed by atoms with Gasteiger partial charge in [0.1, 0.15) is 11.5 Å². The summed E-state index contributed by atoms with van der Waals surface area (Å²) in [6.07, 6.45) is 4.80. The molecular formula is C23H33N3O2. The van der Waals surface area contributed by atoms with Crippen molar-refractivity contribution in [3.8, 4) is 0 Å². The lowest BCUT2D eigenvalue weighted by atomic mass is 10.1. The van der Waals surface area contributed by atoms with Crippen LogP contribution in [-0.2, 0) is 17.8 Å². The average molecular weight is 384 g/mol. The summed E-state index contributed by atoms with van der Waals surface area (Å²) < 4.78 is 5.70. The Kier molecular flexibility index (Phi) is 8.12. The highest BCUT2D eigenvalue weighted by Crippen LogP contribution is 2.11. The van der Waals surface area contributed by atoms with Gasteiger partial charge in [-0.05, 0) is 57.0 Å². The maximum absolute atomic E-state index is 12.8. The van der Waals surface area contributed by atoms with E-state index in [2.05, 4.69) is 22.3 Å². The Balaban J connectivity index is 1.48. The van der Waals surface area contributed by atoms with Crippen LogP contribution in [0.15, 0.2) is 46.9 Å². The number of furan rings is 1. The molecule has 0 unspecified atom stereocenters. The number of nitrogens with one attached hydrogen (secondary N) is 1. The fraction of sp³-hybridized carbons (Fsp3) is 0.522. The van der Waals surface area contributed by atoms with Crippen LogP contribution in [0, 0.1) is 6.92 Å². The van der Waals surface area contributed by atoms with E-state index in [1.165, 1.54) is 37.9 Å². The van der Waals surface area contributed by atoms with Gasteiger partial charge in [0.25, 0.3) is 0 Å². The number of rotatable bonds is 10. The van der Waals surface area contributed by atoms with Gasteiger partial charge in [-0.25, -0.2) is 0 Å². The lowest BCUT2D eigenvalue weighted by molar-refractivity contribution is -0.131. The monoisotopic (exact) mass is 383 g/mol. The van der Waals surface area contributed by atoms with Gasteiger partial charge in [0.2, 0.25) is 5.91 Å². The molecule has 152 valence electrons. The maximum Gasteiger partial charge on any atom is 0.236 e. The van der Waals surface area contributed by atoms with Crippen LogP contribution in [0.5, 0.6) is 0 Å². The standard InChI is InChI=1S/C23H33N3O2/c1-20-10-11-22(28-20)19-26(16-12-21-8-4-2-5-9-21)23(27)18-24-13-17-25-14-6-3-7-15-25/h2,4-5,8-11,24H,3,6-7,12-19H2,1H3. The van der Waals surface area contributed by atoms with Gasteiger partial charge >= 0.3 is 0 Å². The largest absolute Gasteiger partial charge is 0.464 e. The minimum absolute atomic E-state index is 0.128. The maximum atomic E-state index is 12.8. The van der Waals surface area contributed by atoms with Crippen molar-refractivity contribution in [3.63, 3.8) is 0 Å². The second-order valence-electron chi connectivity index (χ2n) is 7.64. The second kappa shape index (κ2) is 11.0. The molecule has 2 heterocycles. The molecule has 0 atom stereocenters. The Morgan fingerprint density at radius 1 is 1.11 bits per heavy atom. The molecule has 1 N–H and O–H groups in total. The lowest BCUT2D eigenvalue weighted by Crippen LogP contribution is -2.41. The fourth-order valence-electron chi connectivity index (χ4n) is 3.69. The second-order valence-corrected chi connectivity index (χ2v) is 7.64. The summed E-state index contributed by atoms with van der Waals surface area (Å²) in [5, 5.41) is 3.34. The molecule has 0 radical (unpaired) electrons. The molecule has 5 nitrogen and oxygen atoms in total. The Bertz CT molecular complexity index is 708. The first-order chi connectivity index (χ1) is 13.7. The molecule has 1 amide bonds. The zero-order chi connectivity index (χ0) is 19.6. The predicted octanol–water partition coefficient (Wildman–Crippen LogP) is 3.23. The molecule has 28 heavy (non-hydrogen) atoms. The third kappa shape index (κ3) is 6.80. The SMILES string of the molecule is Cc1ccc(CN(CCc2ccccc2)C(=O)CNCCN2CCCCC2)o1. The van der Waals surface area contributed by atoms with Gasteiger partial charge in [0.15, 0.2) is 0 Å². The molecule has 3 rings (SSSR count). The third-order valence-electron chi connectivity index (χ3n) is 5.34. The topological polar surface area (TPSA) is 48.7 Å². The normalized spacial score (nSPS) is 14.9. The first-order valence-corrected chi connectivity index (χ1v) is 10.5. The minimum atomic E-state index is 0.128. The number of nitrogens with zero attached hydrogens (tertiary/aromatic N) is 2. The van der Waals surface area contributed by atoms with Gasteiger partial charge in [-0.3, -0.25) is 4.79 Å². The van der Waals surface area contributed by atoms with E-state index in [1.807, 2.05) is 42.2 Å². The molecule has 1 aromatic heterocycles. The summed E-state index contributed by atoms with van der Waals surface area (Å²) in [6, 6.07) is 14.2. The van der Waals surface area contributed by atoms with Crippen molar-refractivity contribution >= 4 is 5.91 Å². The molecule has 1 aliphatic rings. The van der Waals surface area contributed by atoms with Crippen LogP contribution in [0.1, 0.15) is 36.3 Å². The van der Waals surface area contributed by atoms with E-state index in [0.717, 1.165) is 31.0 Å². The van der Waals surface area contributed by atoms with E-state index in [1.54, 1.807) is 0 Å². The zero-order valence-electron chi connectivity index (χ0n) is 17.0. The Labute approximate surface area is 168 Å². The zero-order valence-corrected chi connectivity index (χ0v) is 17.0. The number of hydrogen-bond acceptors (Lipinski definition) is 4. The van der Waals surface area contributed by atoms with Crippen molar-refractivity contribution in [2.75, 3.05) is 39.3 Å². The van der Waals surface area contributed by atoms with Crippen molar-refractivity contribution in [1.82, 2.24) is 15.1 Å². The number of carbonyl (C=O) groups excluding carboxylic acids is 1. The molecule has 1 aliphatic heterocycles. The molecule has 1 fully saturated rings. The molecular weight excluding hydrogens is 350 g/mol. The Hall–Kier alpha value is -2.11. The van der Waals surface area contributed by atoms with E-state index in [-0.39, 0.29) is 5.91 Å². The van der Waals surface area contributed by atoms with Crippen LogP contribution in [0.3, 0.4) is 0 Å². The summed E-state index contributed by atoms with van der Waals surface area (Å²) in [6.45, 7) is 7.79. The first-order valence-electron chi connectivity index (χ1n) is 10.5. The molecule has 0 saturated carbocycles. The van der Waals surface area contributed by atoms with Crippen LogP contribution in [0.2, 0.25) is 0 Å². The Morgan fingerprint density at radius 2 is 1.89 bits per heavy atom. The number of carbonyl (C=O) groups is 1. The van der Waals surface area contributed by atoms with Gasteiger partial charge in [-0.1, -0.05) is 36.8 Å². The smallest absolute Gasteiger partial charge is 0.236 e. The van der Waals surface area contributed by atoms with Gasteiger partial charge in [0.05, 0.1) is 13.1 Å². The van der Waals surface area contributed by atoms with Crippen molar-refractivity contribution in [2.45, 2.75) is 39.2 Å². The molecule has 1 saturated heterocycles. The van der Waals surface area contributed by atoms with Crippen LogP contribution >= 0.6 is 0 Å². The van der Waals surface area contributed by atoms with E-state index in [0.29, 0.717) is 19.6 Å². The molecule has 1 aromatic carbocycles. The number of hydrogen-bond donors (Lipinski definition) is 1. The third-order valence-corrected chi connectivity index (χ3v) is 5.34. The van der Waals surface area contributed by atoms with Gasteiger partial charge in [0, 0.05) is 19.6 Å². The number of aryl methyl sites for hydroxylation is 1. The highest BCUT2D eigenvalue weighted by atomic mass is 16.3. The van der Waals surface area contributed by atoms with Crippen molar-refractivity contribution in [3.05, 3.63) is 59.5 Å². The summed E-state index contributed by atoms with van der Waals surface area (Å²) in [5.41, 5.74) is 1.24. The van der Waals surface area contributed by atoms with Crippen molar-refractivity contribution < 1.29 is 9.21 Å². The van der Waals surface area contributed by atoms with Crippen LogP contribution in [-0.4, -0.2) is 55.0 Å². The van der Waals surface area contributed by atoms with Crippen molar-refractivity contribution in [2.24, 2.45) is 0 Å². The molecule has 2 aromatic rings. The number of benzene rings is 1. The highest BCUT2D eigenvalue weighted by molar-refractivity contribution is 5.78. The van der Waals surface area contributed by atoms with E-state index in [9.17, 15) is 4.79 Å². The number of amides is 1. The molecule has 0 spiro atoms. The lowest BCUT2D eigenvalue weighted by Gasteiger charge is -2.26. The number of piperidine rings is 1. The van der Waals surface area contributed by atoms with E-state index < -0.39 is 0 Å². The highest BCUT2D eigenvalue weighted by Gasteiger charge is 2.16. The van der Waals surface area contributed by atoms with Gasteiger partial charge in [-0.15, -0.1) is 0 Å². The van der Waals surface area contributed by atoms with E-state index >= 15 is 0 Å². The van der Waals surface area contributed by atoms with Crippen molar-refractivity contribution in [1.29, 1.82) is 0 Å². The summed E-state index contributed by atoms with van der Waals surface area (Å²) in [4.78, 5) is 17.2. The first kappa shape index (κ1) is 20.6. The summed E-state index contributed by atoms with van der Waals surface area (Å²) in [7, 11) is 0. The molecule has 5 heteroatoms.